The third kappa shape index (κ3) is 54.4. The van der Waals surface area contributed by atoms with Gasteiger partial charge in [0.2, 0.25) is 5.91 Å². The minimum absolute atomic E-state index is 0.0719. The van der Waals surface area contributed by atoms with E-state index in [1.165, 1.54) is 205 Å². The van der Waals surface area contributed by atoms with Crippen LogP contribution in [0.2, 0.25) is 0 Å². The van der Waals surface area contributed by atoms with E-state index in [9.17, 15) is 15.0 Å². The number of nitrogens with one attached hydrogen (secondary N) is 1. The summed E-state index contributed by atoms with van der Waals surface area (Å²) >= 11 is 0. The average molecular weight is 933 g/mol. The van der Waals surface area contributed by atoms with E-state index in [1.807, 2.05) is 6.08 Å². The van der Waals surface area contributed by atoms with Crippen molar-refractivity contribution in [2.45, 2.75) is 302 Å². The van der Waals surface area contributed by atoms with E-state index in [1.54, 1.807) is 6.08 Å². The molecular weight excluding hydrogens is 819 g/mol. The first-order chi connectivity index (χ1) is 33.2. The van der Waals surface area contributed by atoms with Gasteiger partial charge in [0.25, 0.3) is 0 Å². The lowest BCUT2D eigenvalue weighted by Gasteiger charge is -2.19. The molecule has 67 heavy (non-hydrogen) atoms. The van der Waals surface area contributed by atoms with Gasteiger partial charge in [-0.1, -0.05) is 292 Å². The van der Waals surface area contributed by atoms with Crippen LogP contribution in [0.3, 0.4) is 0 Å². The molecule has 2 unspecified atom stereocenters. The van der Waals surface area contributed by atoms with Gasteiger partial charge in [-0.05, 0) is 77.0 Å². The van der Waals surface area contributed by atoms with Crippen LogP contribution < -0.4 is 5.32 Å². The first-order valence-electron chi connectivity index (χ1n) is 29.3. The van der Waals surface area contributed by atoms with E-state index in [4.69, 9.17) is 0 Å². The summed E-state index contributed by atoms with van der Waals surface area (Å²) in [6.07, 6.45) is 84.7. The smallest absolute Gasteiger partial charge is 0.220 e. The van der Waals surface area contributed by atoms with Gasteiger partial charge in [-0.15, -0.1) is 0 Å². The van der Waals surface area contributed by atoms with E-state index in [0.717, 1.165) is 64.2 Å². The molecule has 0 saturated carbocycles. The predicted octanol–water partition coefficient (Wildman–Crippen LogP) is 19.5. The number of hydrogen-bond donors (Lipinski definition) is 3. The summed E-state index contributed by atoms with van der Waals surface area (Å²) in [4.78, 5) is 12.5. The van der Waals surface area contributed by atoms with Crippen molar-refractivity contribution in [3.63, 3.8) is 0 Å². The molecule has 4 heteroatoms. The summed E-state index contributed by atoms with van der Waals surface area (Å²) in [5, 5.41) is 23.2. The number of unbranched alkanes of at least 4 members (excludes halogenated alkanes) is 34. The zero-order chi connectivity index (χ0) is 48.5. The van der Waals surface area contributed by atoms with E-state index in [2.05, 4.69) is 92.1 Å². The summed E-state index contributed by atoms with van der Waals surface area (Å²) in [6.45, 7) is 4.20. The minimum Gasteiger partial charge on any atom is -0.394 e. The molecule has 0 heterocycles. The molecule has 0 aliphatic rings. The first-order valence-corrected chi connectivity index (χ1v) is 29.3. The van der Waals surface area contributed by atoms with E-state index in [0.29, 0.717) is 6.42 Å². The Labute approximate surface area is 418 Å². The van der Waals surface area contributed by atoms with Gasteiger partial charge in [0.1, 0.15) is 0 Å². The number of hydrogen-bond acceptors (Lipinski definition) is 3. The van der Waals surface area contributed by atoms with Gasteiger partial charge in [-0.2, -0.15) is 0 Å². The van der Waals surface area contributed by atoms with Gasteiger partial charge in [0, 0.05) is 6.42 Å². The van der Waals surface area contributed by atoms with Crippen LogP contribution in [0, 0.1) is 0 Å². The van der Waals surface area contributed by atoms with Crippen molar-refractivity contribution in [3.8, 4) is 0 Å². The fourth-order valence-electron chi connectivity index (χ4n) is 8.69. The van der Waals surface area contributed by atoms with Crippen molar-refractivity contribution in [1.82, 2.24) is 5.32 Å². The summed E-state index contributed by atoms with van der Waals surface area (Å²) in [7, 11) is 0. The normalized spacial score (nSPS) is 13.4. The quantitative estimate of drug-likeness (QED) is 0.0420. The van der Waals surface area contributed by atoms with Crippen LogP contribution in [0.5, 0.6) is 0 Å². The maximum Gasteiger partial charge on any atom is 0.220 e. The van der Waals surface area contributed by atoms with Crippen molar-refractivity contribution in [2.24, 2.45) is 0 Å². The highest BCUT2D eigenvalue weighted by Gasteiger charge is 2.18. The highest BCUT2D eigenvalue weighted by molar-refractivity contribution is 5.76. The van der Waals surface area contributed by atoms with E-state index < -0.39 is 12.1 Å². The van der Waals surface area contributed by atoms with Gasteiger partial charge in [0.15, 0.2) is 0 Å². The lowest BCUT2D eigenvalue weighted by atomic mass is 10.0. The summed E-state index contributed by atoms with van der Waals surface area (Å²) in [6, 6.07) is -0.642. The second kappa shape index (κ2) is 57.9. The molecule has 0 aromatic carbocycles. The Morgan fingerprint density at radius 3 is 1.04 bits per heavy atom. The van der Waals surface area contributed by atoms with Gasteiger partial charge in [-0.25, -0.2) is 0 Å². The number of aliphatic hydroxyl groups excluding tert-OH is 2. The van der Waals surface area contributed by atoms with Crippen LogP contribution in [0.15, 0.2) is 85.1 Å². The Morgan fingerprint density at radius 2 is 0.672 bits per heavy atom. The summed E-state index contributed by atoms with van der Waals surface area (Å²) < 4.78 is 0. The standard InChI is InChI=1S/C63H113NO3/c1-3-5-7-9-11-13-15-17-19-21-23-25-26-27-28-29-30-31-32-33-34-35-36-37-38-39-41-43-45-47-49-51-53-55-57-59-63(67)64-61(60-65)62(66)58-56-54-52-50-48-46-44-42-40-24-22-20-18-16-14-12-10-8-6-4-2/h5,7,11,13,17,19,23,25,27-28,48,50,56,58,61-62,65-66H,3-4,6,8-10,12,14-16,18,20-22,24,26,29-47,49,51-55,57,59-60H2,1-2H3,(H,64,67)/b7-5-,13-11-,19-17-,25-23-,28-27-,50-48+,58-56+. The van der Waals surface area contributed by atoms with Gasteiger partial charge >= 0.3 is 0 Å². The van der Waals surface area contributed by atoms with Crippen LogP contribution in [-0.4, -0.2) is 34.9 Å². The number of amides is 1. The molecule has 0 rings (SSSR count). The number of aliphatic hydroxyl groups is 2. The molecule has 0 bridgehead atoms. The van der Waals surface area contributed by atoms with Crippen molar-refractivity contribution >= 4 is 5.91 Å². The lowest BCUT2D eigenvalue weighted by molar-refractivity contribution is -0.123. The number of allylic oxidation sites excluding steroid dienone is 13. The highest BCUT2D eigenvalue weighted by atomic mass is 16.3. The molecule has 0 aliphatic heterocycles. The van der Waals surface area contributed by atoms with Crippen molar-refractivity contribution in [3.05, 3.63) is 85.1 Å². The molecule has 0 saturated heterocycles. The zero-order valence-corrected chi connectivity index (χ0v) is 44.7. The monoisotopic (exact) mass is 932 g/mol. The Kier molecular flexibility index (Phi) is 55.8. The average Bonchev–Trinajstić information content (AvgIpc) is 3.33. The SMILES string of the molecule is CC/C=C\C/C=C\C/C=C\C/C=C\C/C=C\CCCCCCCCCCCCCCCCCCCCCC(=O)NC(CO)C(O)/C=C/CC/C=C/CCCCCCCCCCCCCCCC. The Hall–Kier alpha value is -2.43. The van der Waals surface area contributed by atoms with Crippen LogP contribution >= 0.6 is 0 Å². The van der Waals surface area contributed by atoms with Gasteiger partial charge in [-0.3, -0.25) is 4.79 Å². The van der Waals surface area contributed by atoms with Crippen LogP contribution in [0.25, 0.3) is 0 Å². The molecule has 0 spiro atoms. The van der Waals surface area contributed by atoms with Crippen molar-refractivity contribution in [1.29, 1.82) is 0 Å². The lowest BCUT2D eigenvalue weighted by Crippen LogP contribution is -2.45. The number of carbonyl (C=O) groups excluding carboxylic acids is 1. The van der Waals surface area contributed by atoms with Crippen LogP contribution in [-0.2, 0) is 4.79 Å². The molecule has 2 atom stereocenters. The van der Waals surface area contributed by atoms with E-state index in [-0.39, 0.29) is 12.5 Å². The molecule has 0 radical (unpaired) electrons. The van der Waals surface area contributed by atoms with Crippen molar-refractivity contribution < 1.29 is 15.0 Å². The van der Waals surface area contributed by atoms with Gasteiger partial charge in [0.05, 0.1) is 18.8 Å². The van der Waals surface area contributed by atoms with E-state index >= 15 is 0 Å². The molecule has 0 aromatic rings. The van der Waals surface area contributed by atoms with Crippen LogP contribution in [0.1, 0.15) is 290 Å². The van der Waals surface area contributed by atoms with Crippen molar-refractivity contribution in [2.75, 3.05) is 6.61 Å². The third-order valence-corrected chi connectivity index (χ3v) is 13.1. The molecule has 388 valence electrons. The summed E-state index contributed by atoms with van der Waals surface area (Å²) in [5.74, 6) is -0.0719. The second-order valence-corrected chi connectivity index (χ2v) is 19.7. The molecule has 0 aromatic heterocycles. The Balaban J connectivity index is 3.50. The molecular formula is C63H113NO3. The molecule has 3 N–H and O–H groups in total. The predicted molar refractivity (Wildman–Crippen MR) is 299 cm³/mol. The second-order valence-electron chi connectivity index (χ2n) is 19.7. The Bertz CT molecular complexity index is 1190. The minimum atomic E-state index is -0.865. The maximum absolute atomic E-state index is 12.5. The largest absolute Gasteiger partial charge is 0.394 e. The zero-order valence-electron chi connectivity index (χ0n) is 44.7. The molecule has 1 amide bonds. The molecule has 4 nitrogen and oxygen atoms in total. The topological polar surface area (TPSA) is 69.6 Å². The number of carbonyl (C=O) groups is 1. The highest BCUT2D eigenvalue weighted by Crippen LogP contribution is 2.17. The number of rotatable bonds is 53. The van der Waals surface area contributed by atoms with Crippen LogP contribution in [0.4, 0.5) is 0 Å². The van der Waals surface area contributed by atoms with Gasteiger partial charge < -0.3 is 15.5 Å². The summed E-state index contributed by atoms with van der Waals surface area (Å²) in [5.41, 5.74) is 0. The Morgan fingerprint density at radius 1 is 0.373 bits per heavy atom. The maximum atomic E-state index is 12.5. The first kappa shape index (κ1) is 64.6. The molecule has 0 aliphatic carbocycles. The third-order valence-electron chi connectivity index (χ3n) is 13.1. The fourth-order valence-corrected chi connectivity index (χ4v) is 8.69. The fraction of sp³-hybridized carbons (Fsp3) is 0.762. The molecule has 0 fully saturated rings.